The molecule has 160 valence electrons. The largest absolute Gasteiger partial charge is 0.467 e. The van der Waals surface area contributed by atoms with Crippen molar-refractivity contribution in [3.05, 3.63) is 60.1 Å². The van der Waals surface area contributed by atoms with E-state index in [0.29, 0.717) is 37.3 Å². The van der Waals surface area contributed by atoms with Crippen LogP contribution in [0.4, 0.5) is 0 Å². The first-order valence-corrected chi connectivity index (χ1v) is 10.4. The summed E-state index contributed by atoms with van der Waals surface area (Å²) in [5, 5.41) is 5.78. The van der Waals surface area contributed by atoms with Gasteiger partial charge in [-0.1, -0.05) is 32.0 Å². The number of benzene rings is 1. The molecule has 1 aromatic heterocycles. The topological polar surface area (TPSA) is 91.7 Å². The molecule has 3 amide bonds. The SMILES string of the molecule is CC(C)C(=O)N1CCC([C@H](NC(=O)c2ccccc2)C(=O)NCc2ccco2)CC1. The number of carbonyl (C=O) groups excluding carboxylic acids is 3. The van der Waals surface area contributed by atoms with Gasteiger partial charge < -0.3 is 20.0 Å². The van der Waals surface area contributed by atoms with Crippen molar-refractivity contribution < 1.29 is 18.8 Å². The quantitative estimate of drug-likeness (QED) is 0.733. The van der Waals surface area contributed by atoms with Crippen molar-refractivity contribution in [1.82, 2.24) is 15.5 Å². The Hall–Kier alpha value is -3.09. The second-order valence-electron chi connectivity index (χ2n) is 7.93. The molecule has 1 aromatic carbocycles. The Labute approximate surface area is 176 Å². The van der Waals surface area contributed by atoms with Crippen LogP contribution < -0.4 is 10.6 Å². The van der Waals surface area contributed by atoms with E-state index in [4.69, 9.17) is 4.42 Å². The van der Waals surface area contributed by atoms with Crippen molar-refractivity contribution in [2.75, 3.05) is 13.1 Å². The average Bonchev–Trinajstić information content (AvgIpc) is 3.29. The van der Waals surface area contributed by atoms with E-state index in [1.54, 1.807) is 42.7 Å². The Kier molecular flexibility index (Phi) is 7.27. The lowest BCUT2D eigenvalue weighted by atomic mass is 9.88. The maximum Gasteiger partial charge on any atom is 0.251 e. The highest BCUT2D eigenvalue weighted by atomic mass is 16.3. The monoisotopic (exact) mass is 411 g/mol. The van der Waals surface area contributed by atoms with E-state index in [2.05, 4.69) is 10.6 Å². The number of nitrogens with one attached hydrogen (secondary N) is 2. The fourth-order valence-electron chi connectivity index (χ4n) is 3.73. The molecule has 0 saturated carbocycles. The van der Waals surface area contributed by atoms with Crippen molar-refractivity contribution in [1.29, 1.82) is 0 Å². The molecule has 2 heterocycles. The van der Waals surface area contributed by atoms with Gasteiger partial charge in [0.05, 0.1) is 12.8 Å². The summed E-state index contributed by atoms with van der Waals surface area (Å²) in [4.78, 5) is 39.8. The van der Waals surface area contributed by atoms with Crippen LogP contribution in [0.2, 0.25) is 0 Å². The van der Waals surface area contributed by atoms with Gasteiger partial charge >= 0.3 is 0 Å². The molecule has 1 atom stereocenters. The minimum Gasteiger partial charge on any atom is -0.467 e. The summed E-state index contributed by atoms with van der Waals surface area (Å²) < 4.78 is 5.28. The lowest BCUT2D eigenvalue weighted by Gasteiger charge is -2.36. The van der Waals surface area contributed by atoms with E-state index in [9.17, 15) is 14.4 Å². The van der Waals surface area contributed by atoms with Crippen molar-refractivity contribution in [2.45, 2.75) is 39.3 Å². The second kappa shape index (κ2) is 10.1. The molecule has 0 aliphatic carbocycles. The Bertz CT molecular complexity index is 841. The predicted molar refractivity (Wildman–Crippen MR) is 112 cm³/mol. The summed E-state index contributed by atoms with van der Waals surface area (Å²) >= 11 is 0. The molecule has 1 aliphatic rings. The molecule has 0 radical (unpaired) electrons. The van der Waals surface area contributed by atoms with Gasteiger partial charge in [0.25, 0.3) is 5.91 Å². The number of amides is 3. The Morgan fingerprint density at radius 1 is 1.07 bits per heavy atom. The van der Waals surface area contributed by atoms with Crippen molar-refractivity contribution in [3.8, 4) is 0 Å². The molecule has 3 rings (SSSR count). The first-order chi connectivity index (χ1) is 14.5. The Morgan fingerprint density at radius 3 is 2.37 bits per heavy atom. The number of likely N-dealkylation sites (tertiary alicyclic amines) is 1. The number of piperidine rings is 1. The van der Waals surface area contributed by atoms with E-state index in [-0.39, 0.29) is 36.1 Å². The van der Waals surface area contributed by atoms with E-state index in [0.717, 1.165) is 0 Å². The molecule has 2 N–H and O–H groups in total. The second-order valence-corrected chi connectivity index (χ2v) is 7.93. The van der Waals surface area contributed by atoms with E-state index in [1.165, 1.54) is 0 Å². The van der Waals surface area contributed by atoms with Crippen LogP contribution in [0.3, 0.4) is 0 Å². The molecule has 1 saturated heterocycles. The van der Waals surface area contributed by atoms with Crippen LogP contribution in [-0.4, -0.2) is 41.8 Å². The van der Waals surface area contributed by atoms with Crippen LogP contribution in [0.15, 0.2) is 53.1 Å². The Morgan fingerprint density at radius 2 is 1.77 bits per heavy atom. The summed E-state index contributed by atoms with van der Waals surface area (Å²) in [5.74, 6) is 0.144. The van der Waals surface area contributed by atoms with E-state index < -0.39 is 6.04 Å². The van der Waals surface area contributed by atoms with Gasteiger partial charge in [-0.15, -0.1) is 0 Å². The highest BCUT2D eigenvalue weighted by Gasteiger charge is 2.34. The minimum atomic E-state index is -0.677. The molecule has 0 bridgehead atoms. The standard InChI is InChI=1S/C23H29N3O4/c1-16(2)23(29)26-12-10-17(11-13-26)20(22(28)24-15-19-9-6-14-30-19)25-21(27)18-7-4-3-5-8-18/h3-9,14,16-17,20H,10-13,15H2,1-2H3,(H,24,28)(H,25,27)/t20-/m0/s1. The lowest BCUT2D eigenvalue weighted by Crippen LogP contribution is -2.54. The van der Waals surface area contributed by atoms with Crippen LogP contribution in [-0.2, 0) is 16.1 Å². The first kappa shape index (κ1) is 21.6. The zero-order valence-electron chi connectivity index (χ0n) is 17.5. The van der Waals surface area contributed by atoms with Gasteiger partial charge in [-0.05, 0) is 43.0 Å². The molecule has 7 nitrogen and oxygen atoms in total. The van der Waals surface area contributed by atoms with Gasteiger partial charge in [0, 0.05) is 24.6 Å². The zero-order chi connectivity index (χ0) is 21.5. The fourth-order valence-corrected chi connectivity index (χ4v) is 3.73. The van der Waals surface area contributed by atoms with Crippen LogP contribution in [0.5, 0.6) is 0 Å². The average molecular weight is 412 g/mol. The molecule has 2 aromatic rings. The van der Waals surface area contributed by atoms with E-state index >= 15 is 0 Å². The van der Waals surface area contributed by atoms with Crippen molar-refractivity contribution in [2.24, 2.45) is 11.8 Å². The molecule has 0 unspecified atom stereocenters. The highest BCUT2D eigenvalue weighted by molar-refractivity contribution is 5.97. The van der Waals surface area contributed by atoms with Crippen LogP contribution in [0.25, 0.3) is 0 Å². The number of carbonyl (C=O) groups is 3. The minimum absolute atomic E-state index is 0.0493. The lowest BCUT2D eigenvalue weighted by molar-refractivity contribution is -0.136. The predicted octanol–water partition coefficient (Wildman–Crippen LogP) is 2.59. The molecule has 7 heteroatoms. The zero-order valence-corrected chi connectivity index (χ0v) is 17.5. The van der Waals surface area contributed by atoms with E-state index in [1.807, 2.05) is 24.8 Å². The van der Waals surface area contributed by atoms with Crippen LogP contribution in [0, 0.1) is 11.8 Å². The maximum atomic E-state index is 13.0. The Balaban J connectivity index is 1.68. The molecule has 1 fully saturated rings. The summed E-state index contributed by atoms with van der Waals surface area (Å²) in [7, 11) is 0. The van der Waals surface area contributed by atoms with Crippen molar-refractivity contribution >= 4 is 17.7 Å². The molecular formula is C23H29N3O4. The number of furan rings is 1. The third-order valence-corrected chi connectivity index (χ3v) is 5.44. The number of hydrogen-bond acceptors (Lipinski definition) is 4. The van der Waals surface area contributed by atoms with Gasteiger partial charge in [0.2, 0.25) is 11.8 Å². The summed E-state index contributed by atoms with van der Waals surface area (Å²) in [6.07, 6.45) is 2.87. The highest BCUT2D eigenvalue weighted by Crippen LogP contribution is 2.23. The van der Waals surface area contributed by atoms with Gasteiger partial charge in [0.1, 0.15) is 11.8 Å². The third-order valence-electron chi connectivity index (χ3n) is 5.44. The third kappa shape index (κ3) is 5.49. The number of nitrogens with zero attached hydrogens (tertiary/aromatic N) is 1. The molecular weight excluding hydrogens is 382 g/mol. The normalized spacial score (nSPS) is 15.6. The summed E-state index contributed by atoms with van der Waals surface area (Å²) in [6, 6.07) is 11.7. The summed E-state index contributed by atoms with van der Waals surface area (Å²) in [6.45, 7) is 5.21. The molecule has 1 aliphatic heterocycles. The fraction of sp³-hybridized carbons (Fsp3) is 0.435. The molecule has 30 heavy (non-hydrogen) atoms. The van der Waals surface area contributed by atoms with Gasteiger partial charge in [0.15, 0.2) is 0 Å². The molecule has 0 spiro atoms. The summed E-state index contributed by atoms with van der Waals surface area (Å²) in [5.41, 5.74) is 0.508. The number of rotatable bonds is 7. The first-order valence-electron chi connectivity index (χ1n) is 10.4. The van der Waals surface area contributed by atoms with Gasteiger partial charge in [-0.3, -0.25) is 14.4 Å². The smallest absolute Gasteiger partial charge is 0.251 e. The van der Waals surface area contributed by atoms with Gasteiger partial charge in [-0.2, -0.15) is 0 Å². The van der Waals surface area contributed by atoms with Crippen molar-refractivity contribution in [3.63, 3.8) is 0 Å². The van der Waals surface area contributed by atoms with Crippen LogP contribution >= 0.6 is 0 Å². The van der Waals surface area contributed by atoms with Gasteiger partial charge in [-0.25, -0.2) is 0 Å². The van der Waals surface area contributed by atoms with Crippen LogP contribution in [0.1, 0.15) is 42.8 Å². The maximum absolute atomic E-state index is 13.0. The number of hydrogen-bond donors (Lipinski definition) is 2.